The highest BCUT2D eigenvalue weighted by Gasteiger charge is 2.17. The highest BCUT2D eigenvalue weighted by atomic mass is 16.3. The molecule has 280 valence electrons. The third-order valence-corrected chi connectivity index (χ3v) is 10.7. The number of hydrogen-bond donors (Lipinski definition) is 0. The van der Waals surface area contributed by atoms with Crippen molar-refractivity contribution in [2.45, 2.75) is 0 Å². The van der Waals surface area contributed by atoms with Crippen molar-refractivity contribution in [3.8, 4) is 44.8 Å². The first-order chi connectivity index (χ1) is 29.2. The second-order valence-electron chi connectivity index (χ2n) is 14.5. The molecule has 0 aliphatic carbocycles. The summed E-state index contributed by atoms with van der Waals surface area (Å²) >= 11 is 0. The van der Waals surface area contributed by atoms with Gasteiger partial charge in [0.15, 0.2) is 5.58 Å². The minimum Gasteiger partial charge on any atom is -0.436 e. The second-order valence-corrected chi connectivity index (χ2v) is 14.5. The van der Waals surface area contributed by atoms with Crippen LogP contribution in [0.5, 0.6) is 0 Å². The molecule has 1 heterocycles. The Bertz CT molecular complexity index is 2950. The summed E-state index contributed by atoms with van der Waals surface area (Å²) in [5.41, 5.74) is 15.8. The van der Waals surface area contributed by atoms with E-state index in [0.717, 1.165) is 61.9 Å². The third-order valence-electron chi connectivity index (χ3n) is 10.7. The van der Waals surface area contributed by atoms with Crippen molar-refractivity contribution in [3.63, 3.8) is 0 Å². The number of hydrogen-bond acceptors (Lipinski definition) is 4. The van der Waals surface area contributed by atoms with Gasteiger partial charge < -0.3 is 14.2 Å². The predicted octanol–water partition coefficient (Wildman–Crippen LogP) is 15.4. The molecule has 0 aliphatic heterocycles. The van der Waals surface area contributed by atoms with Crippen molar-refractivity contribution >= 4 is 45.2 Å². The molecule has 0 unspecified atom stereocenters. The van der Waals surface area contributed by atoms with Crippen LogP contribution in [0.3, 0.4) is 0 Å². The Morgan fingerprint density at radius 1 is 0.271 bits per heavy atom. The fourth-order valence-electron chi connectivity index (χ4n) is 7.72. The molecular formula is C55H39N3O. The molecule has 0 amide bonds. The largest absolute Gasteiger partial charge is 0.436 e. The summed E-state index contributed by atoms with van der Waals surface area (Å²) < 4.78 is 6.51. The smallest absolute Gasteiger partial charge is 0.227 e. The zero-order chi connectivity index (χ0) is 39.4. The molecular weight excluding hydrogens is 719 g/mol. The van der Waals surface area contributed by atoms with E-state index in [9.17, 15) is 0 Å². The van der Waals surface area contributed by atoms with E-state index in [1.165, 1.54) is 22.3 Å². The zero-order valence-electron chi connectivity index (χ0n) is 32.3. The van der Waals surface area contributed by atoms with E-state index in [2.05, 4.69) is 222 Å². The molecule has 0 spiro atoms. The summed E-state index contributed by atoms with van der Waals surface area (Å²) in [6, 6.07) is 82.8. The number of nitrogens with zero attached hydrogens (tertiary/aromatic N) is 3. The van der Waals surface area contributed by atoms with Gasteiger partial charge in [0.1, 0.15) is 5.52 Å². The van der Waals surface area contributed by atoms with Crippen molar-refractivity contribution in [1.29, 1.82) is 0 Å². The molecule has 59 heavy (non-hydrogen) atoms. The lowest BCUT2D eigenvalue weighted by Crippen LogP contribution is -2.09. The number of aromatic nitrogens is 1. The topological polar surface area (TPSA) is 32.5 Å². The molecule has 0 saturated carbocycles. The number of para-hydroxylation sites is 2. The Labute approximate surface area is 344 Å². The van der Waals surface area contributed by atoms with E-state index in [1.54, 1.807) is 0 Å². The maximum absolute atomic E-state index is 6.51. The van der Waals surface area contributed by atoms with Gasteiger partial charge >= 0.3 is 0 Å². The minimum absolute atomic E-state index is 0.582. The monoisotopic (exact) mass is 757 g/mol. The maximum atomic E-state index is 6.51. The van der Waals surface area contributed by atoms with Crippen LogP contribution in [0, 0.1) is 0 Å². The molecule has 0 aliphatic rings. The van der Waals surface area contributed by atoms with Crippen LogP contribution in [0.2, 0.25) is 0 Å². The van der Waals surface area contributed by atoms with Gasteiger partial charge in [-0.1, -0.05) is 146 Å². The summed E-state index contributed by atoms with van der Waals surface area (Å²) in [6.07, 6.45) is 0. The van der Waals surface area contributed by atoms with Crippen molar-refractivity contribution < 1.29 is 4.42 Å². The average molecular weight is 758 g/mol. The van der Waals surface area contributed by atoms with Gasteiger partial charge in [0.2, 0.25) is 5.89 Å². The van der Waals surface area contributed by atoms with Gasteiger partial charge in [-0.3, -0.25) is 0 Å². The molecule has 4 heteroatoms. The fraction of sp³-hybridized carbons (Fsp3) is 0. The van der Waals surface area contributed by atoms with E-state index >= 15 is 0 Å². The molecule has 0 bridgehead atoms. The molecule has 0 atom stereocenters. The SMILES string of the molecule is c1ccc(-c2ccc(N(c3ccccc3)c3ccc(-c4ccc5nc(-c6cccc(N(c7ccccc7)c7ccc(-c8ccccc8)cc7)c6)oc5c4)cc3)cc2)cc1. The van der Waals surface area contributed by atoms with E-state index in [4.69, 9.17) is 9.40 Å². The first-order valence-corrected chi connectivity index (χ1v) is 19.9. The predicted molar refractivity (Wildman–Crippen MR) is 245 cm³/mol. The van der Waals surface area contributed by atoms with Crippen molar-refractivity contribution in [2.75, 3.05) is 9.80 Å². The summed E-state index contributed by atoms with van der Waals surface area (Å²) in [5, 5.41) is 0. The quantitative estimate of drug-likeness (QED) is 0.139. The fourth-order valence-corrected chi connectivity index (χ4v) is 7.72. The van der Waals surface area contributed by atoms with Crippen LogP contribution >= 0.6 is 0 Å². The number of anilines is 6. The van der Waals surface area contributed by atoms with E-state index in [0.29, 0.717) is 5.89 Å². The average Bonchev–Trinajstić information content (AvgIpc) is 3.75. The Morgan fingerprint density at radius 3 is 1.12 bits per heavy atom. The van der Waals surface area contributed by atoms with Gasteiger partial charge in [-0.2, -0.15) is 0 Å². The van der Waals surface area contributed by atoms with Gasteiger partial charge in [-0.25, -0.2) is 4.98 Å². The number of benzene rings is 9. The van der Waals surface area contributed by atoms with Crippen molar-refractivity contribution in [1.82, 2.24) is 4.98 Å². The summed E-state index contributed by atoms with van der Waals surface area (Å²) in [7, 11) is 0. The van der Waals surface area contributed by atoms with Gasteiger partial charge in [-0.15, -0.1) is 0 Å². The first-order valence-electron chi connectivity index (χ1n) is 19.9. The van der Waals surface area contributed by atoms with Gasteiger partial charge in [0, 0.05) is 39.7 Å². The van der Waals surface area contributed by atoms with Gasteiger partial charge in [-0.05, 0) is 124 Å². The molecule has 0 N–H and O–H groups in total. The molecule has 9 aromatic carbocycles. The lowest BCUT2D eigenvalue weighted by atomic mass is 10.0. The molecule has 10 aromatic rings. The van der Waals surface area contributed by atoms with Crippen LogP contribution in [0.15, 0.2) is 241 Å². The molecule has 4 nitrogen and oxygen atoms in total. The zero-order valence-corrected chi connectivity index (χ0v) is 32.3. The van der Waals surface area contributed by atoms with Crippen LogP contribution in [-0.2, 0) is 0 Å². The normalized spacial score (nSPS) is 11.1. The van der Waals surface area contributed by atoms with Crippen LogP contribution in [0.25, 0.3) is 55.9 Å². The third kappa shape index (κ3) is 7.39. The Balaban J connectivity index is 0.935. The first kappa shape index (κ1) is 35.5. The van der Waals surface area contributed by atoms with Gasteiger partial charge in [0.05, 0.1) is 0 Å². The molecule has 10 rings (SSSR count). The maximum Gasteiger partial charge on any atom is 0.227 e. The summed E-state index contributed by atoms with van der Waals surface area (Å²) in [5.74, 6) is 0.582. The van der Waals surface area contributed by atoms with Crippen molar-refractivity contribution in [3.05, 3.63) is 237 Å². The number of rotatable bonds is 10. The standard InChI is InChI=1S/C55H39N3O/c1-5-14-40(15-6-1)42-24-31-49(32-25-42)57(47-19-9-3-10-20-47)50-35-28-44(29-36-50)45-30-37-53-54(39-45)59-55(56-53)46-18-13-23-52(38-46)58(48-21-11-4-12-22-48)51-33-26-43(27-34-51)41-16-7-2-8-17-41/h1-39H. The Kier molecular flexibility index (Phi) is 9.55. The molecule has 0 saturated heterocycles. The highest BCUT2D eigenvalue weighted by Crippen LogP contribution is 2.39. The molecule has 1 aromatic heterocycles. The minimum atomic E-state index is 0.582. The van der Waals surface area contributed by atoms with Crippen LogP contribution in [-0.4, -0.2) is 4.98 Å². The summed E-state index contributed by atoms with van der Waals surface area (Å²) in [4.78, 5) is 9.50. The lowest BCUT2D eigenvalue weighted by molar-refractivity contribution is 0.620. The Morgan fingerprint density at radius 2 is 0.627 bits per heavy atom. The number of fused-ring (bicyclic) bond motifs is 1. The second kappa shape index (κ2) is 15.9. The molecule has 0 radical (unpaired) electrons. The van der Waals surface area contributed by atoms with Crippen molar-refractivity contribution in [2.24, 2.45) is 0 Å². The van der Waals surface area contributed by atoms with E-state index in [1.807, 2.05) is 24.3 Å². The van der Waals surface area contributed by atoms with Crippen LogP contribution in [0.1, 0.15) is 0 Å². The lowest BCUT2D eigenvalue weighted by Gasteiger charge is -2.26. The van der Waals surface area contributed by atoms with Gasteiger partial charge in [0.25, 0.3) is 0 Å². The Hall–Kier alpha value is -7.95. The van der Waals surface area contributed by atoms with E-state index < -0.39 is 0 Å². The number of oxazole rings is 1. The highest BCUT2D eigenvalue weighted by molar-refractivity contribution is 5.85. The molecule has 0 fully saturated rings. The van der Waals surface area contributed by atoms with Crippen LogP contribution in [0.4, 0.5) is 34.1 Å². The van der Waals surface area contributed by atoms with E-state index in [-0.39, 0.29) is 0 Å². The summed E-state index contributed by atoms with van der Waals surface area (Å²) in [6.45, 7) is 0. The van der Waals surface area contributed by atoms with Crippen LogP contribution < -0.4 is 9.80 Å².